The van der Waals surface area contributed by atoms with E-state index >= 15 is 0 Å². The molecule has 0 radical (unpaired) electrons. The summed E-state index contributed by atoms with van der Waals surface area (Å²) in [7, 11) is 1.58. The van der Waals surface area contributed by atoms with Crippen molar-refractivity contribution in [3.63, 3.8) is 0 Å². The van der Waals surface area contributed by atoms with Gasteiger partial charge >= 0.3 is 0 Å². The Bertz CT molecular complexity index is 854. The lowest BCUT2D eigenvalue weighted by Crippen LogP contribution is -2.17. The molecule has 0 aromatic heterocycles. The predicted molar refractivity (Wildman–Crippen MR) is 112 cm³/mol. The highest BCUT2D eigenvalue weighted by Crippen LogP contribution is 2.15. The Morgan fingerprint density at radius 2 is 1.46 bits per heavy atom. The van der Waals surface area contributed by atoms with Crippen LogP contribution in [0.15, 0.2) is 54.6 Å². The van der Waals surface area contributed by atoms with Gasteiger partial charge in [0.25, 0.3) is 5.91 Å². The molecule has 6 nitrogen and oxygen atoms in total. The third kappa shape index (κ3) is 6.72. The van der Waals surface area contributed by atoms with Crippen molar-refractivity contribution in [2.24, 2.45) is 5.92 Å². The molecule has 0 aliphatic rings. The van der Waals surface area contributed by atoms with Gasteiger partial charge in [0.15, 0.2) is 0 Å². The monoisotopic (exact) mass is 379 g/mol. The van der Waals surface area contributed by atoms with E-state index in [2.05, 4.69) is 16.0 Å². The number of benzene rings is 2. The SMILES string of the molecule is CNC(=O)c1ccc(/C=C/C(=O)Nc2ccc(NC(=O)CC(C)C)cc2)cc1. The van der Waals surface area contributed by atoms with Gasteiger partial charge in [-0.2, -0.15) is 0 Å². The molecule has 0 unspecified atom stereocenters. The first kappa shape index (κ1) is 20.9. The molecule has 2 rings (SSSR count). The first-order valence-electron chi connectivity index (χ1n) is 9.08. The molecular formula is C22H25N3O3. The molecule has 0 fully saturated rings. The first-order chi connectivity index (χ1) is 13.4. The molecule has 3 amide bonds. The maximum absolute atomic E-state index is 12.1. The summed E-state index contributed by atoms with van der Waals surface area (Å²) in [5, 5.41) is 8.14. The van der Waals surface area contributed by atoms with Gasteiger partial charge in [0.05, 0.1) is 0 Å². The van der Waals surface area contributed by atoms with Crippen LogP contribution in [0.5, 0.6) is 0 Å². The molecule has 3 N–H and O–H groups in total. The number of anilines is 2. The fraction of sp³-hybridized carbons (Fsp3) is 0.227. The number of carbonyl (C=O) groups is 3. The second-order valence-corrected chi connectivity index (χ2v) is 6.75. The summed E-state index contributed by atoms with van der Waals surface area (Å²) >= 11 is 0. The van der Waals surface area contributed by atoms with E-state index in [9.17, 15) is 14.4 Å². The van der Waals surface area contributed by atoms with Crippen molar-refractivity contribution in [3.05, 3.63) is 65.7 Å². The molecule has 0 atom stereocenters. The third-order valence-corrected chi connectivity index (χ3v) is 3.86. The van der Waals surface area contributed by atoms with Crippen LogP contribution in [-0.4, -0.2) is 24.8 Å². The number of hydrogen-bond donors (Lipinski definition) is 3. The van der Waals surface area contributed by atoms with E-state index in [0.29, 0.717) is 29.3 Å². The van der Waals surface area contributed by atoms with Crippen molar-refractivity contribution in [2.45, 2.75) is 20.3 Å². The van der Waals surface area contributed by atoms with Crippen LogP contribution >= 0.6 is 0 Å². The quantitative estimate of drug-likeness (QED) is 0.641. The molecule has 0 saturated carbocycles. The molecule has 0 aliphatic heterocycles. The van der Waals surface area contributed by atoms with Gasteiger partial charge in [-0.05, 0) is 54.0 Å². The second kappa shape index (κ2) is 10.1. The molecule has 0 heterocycles. The minimum absolute atomic E-state index is 0.0304. The van der Waals surface area contributed by atoms with Crippen LogP contribution in [0, 0.1) is 5.92 Å². The van der Waals surface area contributed by atoms with Crippen LogP contribution < -0.4 is 16.0 Å². The fourth-order valence-corrected chi connectivity index (χ4v) is 2.47. The van der Waals surface area contributed by atoms with Crippen LogP contribution in [0.25, 0.3) is 6.08 Å². The van der Waals surface area contributed by atoms with Gasteiger partial charge in [0, 0.05) is 36.5 Å². The second-order valence-electron chi connectivity index (χ2n) is 6.75. The molecule has 0 bridgehead atoms. The highest BCUT2D eigenvalue weighted by atomic mass is 16.2. The van der Waals surface area contributed by atoms with Gasteiger partial charge in [0.2, 0.25) is 11.8 Å². The zero-order valence-electron chi connectivity index (χ0n) is 16.3. The highest BCUT2D eigenvalue weighted by Gasteiger charge is 2.06. The summed E-state index contributed by atoms with van der Waals surface area (Å²) in [5.41, 5.74) is 2.69. The molecule has 6 heteroatoms. The zero-order chi connectivity index (χ0) is 20.5. The Hall–Kier alpha value is -3.41. The van der Waals surface area contributed by atoms with Crippen LogP contribution in [-0.2, 0) is 9.59 Å². The van der Waals surface area contributed by atoms with E-state index in [1.165, 1.54) is 6.08 Å². The van der Waals surface area contributed by atoms with Crippen molar-refractivity contribution < 1.29 is 14.4 Å². The summed E-state index contributed by atoms with van der Waals surface area (Å²) in [6.45, 7) is 3.98. The van der Waals surface area contributed by atoms with Crippen LogP contribution in [0.3, 0.4) is 0 Å². The average Bonchev–Trinajstić information content (AvgIpc) is 2.67. The summed E-state index contributed by atoms with van der Waals surface area (Å²) < 4.78 is 0. The zero-order valence-corrected chi connectivity index (χ0v) is 16.3. The Labute approximate surface area is 165 Å². The van der Waals surface area contributed by atoms with E-state index in [1.54, 1.807) is 61.7 Å². The first-order valence-corrected chi connectivity index (χ1v) is 9.08. The van der Waals surface area contributed by atoms with E-state index in [0.717, 1.165) is 5.56 Å². The maximum Gasteiger partial charge on any atom is 0.251 e. The minimum Gasteiger partial charge on any atom is -0.355 e. The van der Waals surface area contributed by atoms with Crippen molar-refractivity contribution in [1.29, 1.82) is 0 Å². The maximum atomic E-state index is 12.1. The summed E-state index contributed by atoms with van der Waals surface area (Å²) in [5.74, 6) is -0.161. The van der Waals surface area contributed by atoms with Crippen molar-refractivity contribution in [3.8, 4) is 0 Å². The molecule has 0 aliphatic carbocycles. The van der Waals surface area contributed by atoms with Crippen LogP contribution in [0.2, 0.25) is 0 Å². The summed E-state index contributed by atoms with van der Waals surface area (Å²) in [4.78, 5) is 35.3. The minimum atomic E-state index is -0.271. The Kier molecular flexibility index (Phi) is 7.51. The number of hydrogen-bond acceptors (Lipinski definition) is 3. The van der Waals surface area contributed by atoms with E-state index in [4.69, 9.17) is 0 Å². The molecule has 0 spiro atoms. The predicted octanol–water partition coefficient (Wildman–Crippen LogP) is 3.68. The normalized spacial score (nSPS) is 10.7. The van der Waals surface area contributed by atoms with Gasteiger partial charge in [-0.25, -0.2) is 0 Å². The van der Waals surface area contributed by atoms with Gasteiger partial charge in [-0.3, -0.25) is 14.4 Å². The molecule has 2 aromatic rings. The Balaban J connectivity index is 1.89. The lowest BCUT2D eigenvalue weighted by Gasteiger charge is -2.08. The number of amides is 3. The largest absolute Gasteiger partial charge is 0.355 e. The van der Waals surface area contributed by atoms with Crippen LogP contribution in [0.1, 0.15) is 36.2 Å². The summed E-state index contributed by atoms with van der Waals surface area (Å²) in [6, 6.07) is 13.9. The van der Waals surface area contributed by atoms with Crippen molar-refractivity contribution in [1.82, 2.24) is 5.32 Å². The average molecular weight is 379 g/mol. The summed E-state index contributed by atoms with van der Waals surface area (Å²) in [6.07, 6.45) is 3.56. The van der Waals surface area contributed by atoms with E-state index in [1.807, 2.05) is 13.8 Å². The van der Waals surface area contributed by atoms with Gasteiger partial charge < -0.3 is 16.0 Å². The lowest BCUT2D eigenvalue weighted by atomic mass is 10.1. The Morgan fingerprint density at radius 1 is 0.893 bits per heavy atom. The standard InChI is InChI=1S/C22H25N3O3/c1-15(2)14-21(27)25-19-11-9-18(10-12-19)24-20(26)13-6-16-4-7-17(8-5-16)22(28)23-3/h4-13,15H,14H2,1-3H3,(H,23,28)(H,24,26)(H,25,27)/b13-6+. The van der Waals surface area contributed by atoms with Crippen molar-refractivity contribution in [2.75, 3.05) is 17.7 Å². The van der Waals surface area contributed by atoms with Gasteiger partial charge in [0.1, 0.15) is 0 Å². The van der Waals surface area contributed by atoms with Gasteiger partial charge in [-0.15, -0.1) is 0 Å². The van der Waals surface area contributed by atoms with E-state index in [-0.39, 0.29) is 17.7 Å². The van der Waals surface area contributed by atoms with Crippen molar-refractivity contribution >= 4 is 35.2 Å². The molecule has 0 saturated heterocycles. The van der Waals surface area contributed by atoms with E-state index < -0.39 is 0 Å². The molecular weight excluding hydrogens is 354 g/mol. The highest BCUT2D eigenvalue weighted by molar-refractivity contribution is 6.02. The van der Waals surface area contributed by atoms with Crippen LogP contribution in [0.4, 0.5) is 11.4 Å². The topological polar surface area (TPSA) is 87.3 Å². The van der Waals surface area contributed by atoms with Gasteiger partial charge in [-0.1, -0.05) is 26.0 Å². The fourth-order valence-electron chi connectivity index (χ4n) is 2.47. The molecule has 2 aromatic carbocycles. The number of rotatable bonds is 7. The third-order valence-electron chi connectivity index (χ3n) is 3.86. The Morgan fingerprint density at radius 3 is 2.00 bits per heavy atom. The smallest absolute Gasteiger partial charge is 0.251 e. The molecule has 146 valence electrons. The number of carbonyl (C=O) groups excluding carboxylic acids is 3. The molecule has 28 heavy (non-hydrogen) atoms. The lowest BCUT2D eigenvalue weighted by molar-refractivity contribution is -0.117. The number of nitrogens with one attached hydrogen (secondary N) is 3.